The summed E-state index contributed by atoms with van der Waals surface area (Å²) in [5, 5.41) is 5.35. The lowest BCUT2D eigenvalue weighted by Crippen LogP contribution is -2.35. The summed E-state index contributed by atoms with van der Waals surface area (Å²) in [5.41, 5.74) is 6.59. The highest BCUT2D eigenvalue weighted by Gasteiger charge is 2.25. The predicted molar refractivity (Wildman–Crippen MR) is 79.6 cm³/mol. The van der Waals surface area contributed by atoms with Gasteiger partial charge in [-0.05, 0) is 25.8 Å². The molecule has 0 aromatic carbocycles. The number of hydrogen-bond donors (Lipinski definition) is 1. The molecule has 20 heavy (non-hydrogen) atoms. The summed E-state index contributed by atoms with van der Waals surface area (Å²) >= 11 is 0. The van der Waals surface area contributed by atoms with Gasteiger partial charge in [0.15, 0.2) is 5.65 Å². The Morgan fingerprint density at radius 2 is 2.15 bits per heavy atom. The topological polar surface area (TPSA) is 72.9 Å². The number of hydrogen-bond acceptors (Lipinski definition) is 5. The summed E-state index contributed by atoms with van der Waals surface area (Å²) in [6.45, 7) is 1.67. The van der Waals surface area contributed by atoms with Crippen molar-refractivity contribution in [2.75, 3.05) is 18.0 Å². The third kappa shape index (κ3) is 2.35. The van der Waals surface area contributed by atoms with Gasteiger partial charge in [0, 0.05) is 19.6 Å². The average Bonchev–Trinajstić information content (AvgIpc) is 3.11. The van der Waals surface area contributed by atoms with Gasteiger partial charge >= 0.3 is 0 Å². The van der Waals surface area contributed by atoms with E-state index in [-0.39, 0.29) is 0 Å². The third-order valence-corrected chi connectivity index (χ3v) is 4.15. The normalized spacial score (nSPS) is 16.1. The quantitative estimate of drug-likeness (QED) is 0.893. The van der Waals surface area contributed by atoms with Crippen LogP contribution < -0.4 is 10.6 Å². The smallest absolute Gasteiger partial charge is 0.163 e. The molecule has 0 aliphatic heterocycles. The molecule has 6 nitrogen and oxygen atoms in total. The number of anilines is 1. The Bertz CT molecular complexity index is 572. The van der Waals surface area contributed by atoms with E-state index < -0.39 is 0 Å². The van der Waals surface area contributed by atoms with Crippen LogP contribution in [0.15, 0.2) is 12.5 Å². The van der Waals surface area contributed by atoms with Crippen LogP contribution in [0.25, 0.3) is 11.0 Å². The maximum Gasteiger partial charge on any atom is 0.163 e. The molecule has 2 aromatic rings. The zero-order chi connectivity index (χ0) is 13.9. The Morgan fingerprint density at radius 1 is 1.35 bits per heavy atom. The average molecular weight is 274 g/mol. The number of aromatic nitrogens is 4. The SMILES string of the molecule is Cn1ncc2c(N(CCCN)C3CCCC3)ncnc21. The third-order valence-electron chi connectivity index (χ3n) is 4.15. The van der Waals surface area contributed by atoms with E-state index >= 15 is 0 Å². The Hall–Kier alpha value is -1.69. The van der Waals surface area contributed by atoms with E-state index in [1.165, 1.54) is 25.7 Å². The summed E-state index contributed by atoms with van der Waals surface area (Å²) < 4.78 is 1.80. The highest BCUT2D eigenvalue weighted by atomic mass is 15.3. The molecule has 1 fully saturated rings. The second-order valence-electron chi connectivity index (χ2n) is 5.48. The van der Waals surface area contributed by atoms with E-state index in [9.17, 15) is 0 Å². The standard InChI is InChI=1S/C14H22N6/c1-19-13-12(9-18-19)14(17-10-16-13)20(8-4-7-15)11-5-2-3-6-11/h9-11H,2-8,15H2,1H3. The van der Waals surface area contributed by atoms with Gasteiger partial charge in [-0.15, -0.1) is 0 Å². The molecule has 1 aliphatic carbocycles. The van der Waals surface area contributed by atoms with Crippen LogP contribution in [0.1, 0.15) is 32.1 Å². The molecule has 108 valence electrons. The van der Waals surface area contributed by atoms with Crippen LogP contribution >= 0.6 is 0 Å². The van der Waals surface area contributed by atoms with Crippen molar-refractivity contribution in [2.45, 2.75) is 38.1 Å². The molecule has 0 saturated heterocycles. The Kier molecular flexibility index (Phi) is 3.82. The molecule has 2 heterocycles. The zero-order valence-electron chi connectivity index (χ0n) is 12.0. The van der Waals surface area contributed by atoms with Crippen LogP contribution in [0.3, 0.4) is 0 Å². The summed E-state index contributed by atoms with van der Waals surface area (Å²) in [4.78, 5) is 11.3. The molecular weight excluding hydrogens is 252 g/mol. The van der Waals surface area contributed by atoms with Crippen molar-refractivity contribution in [3.05, 3.63) is 12.5 Å². The zero-order valence-corrected chi connectivity index (χ0v) is 12.0. The van der Waals surface area contributed by atoms with E-state index in [1.807, 2.05) is 13.2 Å². The molecule has 2 N–H and O–H groups in total. The first-order valence-corrected chi connectivity index (χ1v) is 7.40. The molecule has 2 aromatic heterocycles. The summed E-state index contributed by atoms with van der Waals surface area (Å²) in [7, 11) is 1.92. The molecule has 1 saturated carbocycles. The van der Waals surface area contributed by atoms with E-state index in [1.54, 1.807) is 11.0 Å². The first-order chi connectivity index (χ1) is 9.81. The van der Waals surface area contributed by atoms with Gasteiger partial charge < -0.3 is 10.6 Å². The van der Waals surface area contributed by atoms with Crippen molar-refractivity contribution < 1.29 is 0 Å². The largest absolute Gasteiger partial charge is 0.353 e. The van der Waals surface area contributed by atoms with Crippen molar-refractivity contribution in [2.24, 2.45) is 12.8 Å². The highest BCUT2D eigenvalue weighted by Crippen LogP contribution is 2.30. The molecule has 0 atom stereocenters. The van der Waals surface area contributed by atoms with E-state index in [2.05, 4.69) is 20.0 Å². The fourth-order valence-electron chi connectivity index (χ4n) is 3.12. The summed E-state index contributed by atoms with van der Waals surface area (Å²) in [6, 6.07) is 0.583. The molecular formula is C14H22N6. The second-order valence-corrected chi connectivity index (χ2v) is 5.48. The first kappa shape index (κ1) is 13.3. The first-order valence-electron chi connectivity index (χ1n) is 7.40. The molecule has 0 bridgehead atoms. The van der Waals surface area contributed by atoms with Crippen molar-refractivity contribution >= 4 is 16.9 Å². The van der Waals surface area contributed by atoms with Gasteiger partial charge in [-0.25, -0.2) is 9.97 Å². The number of nitrogens with two attached hydrogens (primary N) is 1. The van der Waals surface area contributed by atoms with Crippen LogP contribution in [-0.4, -0.2) is 38.9 Å². The lowest BCUT2D eigenvalue weighted by Gasteiger charge is -2.30. The van der Waals surface area contributed by atoms with E-state index in [0.29, 0.717) is 12.6 Å². The maximum atomic E-state index is 5.69. The van der Waals surface area contributed by atoms with E-state index in [0.717, 1.165) is 29.8 Å². The van der Waals surface area contributed by atoms with Crippen LogP contribution in [0.5, 0.6) is 0 Å². The Labute approximate surface area is 119 Å². The molecule has 3 rings (SSSR count). The lowest BCUT2D eigenvalue weighted by atomic mass is 10.2. The summed E-state index contributed by atoms with van der Waals surface area (Å²) in [6.07, 6.45) is 9.61. The maximum absolute atomic E-state index is 5.69. The van der Waals surface area contributed by atoms with Gasteiger partial charge in [-0.1, -0.05) is 12.8 Å². The van der Waals surface area contributed by atoms with Crippen LogP contribution in [-0.2, 0) is 7.05 Å². The van der Waals surface area contributed by atoms with Gasteiger partial charge in [0.1, 0.15) is 12.1 Å². The monoisotopic (exact) mass is 274 g/mol. The number of fused-ring (bicyclic) bond motifs is 1. The molecule has 1 aliphatic rings. The Balaban J connectivity index is 1.99. The molecule has 0 unspecified atom stereocenters. The lowest BCUT2D eigenvalue weighted by molar-refractivity contribution is 0.588. The molecule has 0 amide bonds. The van der Waals surface area contributed by atoms with Crippen LogP contribution in [0, 0.1) is 0 Å². The summed E-state index contributed by atoms with van der Waals surface area (Å²) in [5.74, 6) is 1.02. The number of aryl methyl sites for hydroxylation is 1. The number of nitrogens with zero attached hydrogens (tertiary/aromatic N) is 5. The highest BCUT2D eigenvalue weighted by molar-refractivity contribution is 5.86. The molecule has 0 radical (unpaired) electrons. The van der Waals surface area contributed by atoms with Gasteiger partial charge in [0.05, 0.1) is 11.6 Å². The minimum absolute atomic E-state index is 0.583. The van der Waals surface area contributed by atoms with Crippen molar-refractivity contribution in [3.8, 4) is 0 Å². The van der Waals surface area contributed by atoms with Crippen LogP contribution in [0.4, 0.5) is 5.82 Å². The Morgan fingerprint density at radius 3 is 2.90 bits per heavy atom. The second kappa shape index (κ2) is 5.75. The fourth-order valence-corrected chi connectivity index (χ4v) is 3.12. The predicted octanol–water partition coefficient (Wildman–Crippen LogP) is 1.46. The van der Waals surface area contributed by atoms with Crippen LogP contribution in [0.2, 0.25) is 0 Å². The number of rotatable bonds is 5. The van der Waals surface area contributed by atoms with Gasteiger partial charge in [-0.2, -0.15) is 5.10 Å². The van der Waals surface area contributed by atoms with Crippen molar-refractivity contribution in [1.82, 2.24) is 19.7 Å². The van der Waals surface area contributed by atoms with Crippen molar-refractivity contribution in [3.63, 3.8) is 0 Å². The minimum Gasteiger partial charge on any atom is -0.353 e. The van der Waals surface area contributed by atoms with Gasteiger partial charge in [0.25, 0.3) is 0 Å². The fraction of sp³-hybridized carbons (Fsp3) is 0.643. The molecule has 6 heteroatoms. The van der Waals surface area contributed by atoms with Gasteiger partial charge in [0.2, 0.25) is 0 Å². The van der Waals surface area contributed by atoms with Gasteiger partial charge in [-0.3, -0.25) is 4.68 Å². The minimum atomic E-state index is 0.583. The van der Waals surface area contributed by atoms with E-state index in [4.69, 9.17) is 5.73 Å². The van der Waals surface area contributed by atoms with Crippen molar-refractivity contribution in [1.29, 1.82) is 0 Å². The molecule has 0 spiro atoms.